The summed E-state index contributed by atoms with van der Waals surface area (Å²) >= 11 is 0. The van der Waals surface area contributed by atoms with E-state index in [1.807, 2.05) is 19.1 Å². The quantitative estimate of drug-likeness (QED) is 0.870. The molecule has 94 valence electrons. The van der Waals surface area contributed by atoms with E-state index >= 15 is 0 Å². The standard InChI is InChI=1S/C14H20O3/c1-10-4-5-13(17-3)11(6-10)7-14(15)8-12(9-14)16-2/h4-6,12,15H,7-9H2,1-3H3. The molecule has 0 unspecified atom stereocenters. The molecule has 0 amide bonds. The molecule has 1 N–H and O–H groups in total. The maximum Gasteiger partial charge on any atom is 0.122 e. The maximum atomic E-state index is 10.3. The van der Waals surface area contributed by atoms with Gasteiger partial charge in [-0.15, -0.1) is 0 Å². The van der Waals surface area contributed by atoms with Crippen LogP contribution in [0, 0.1) is 6.92 Å². The van der Waals surface area contributed by atoms with Crippen molar-refractivity contribution >= 4 is 0 Å². The summed E-state index contributed by atoms with van der Waals surface area (Å²) in [4.78, 5) is 0. The van der Waals surface area contributed by atoms with E-state index in [4.69, 9.17) is 9.47 Å². The molecule has 0 saturated heterocycles. The van der Waals surface area contributed by atoms with E-state index in [1.54, 1.807) is 14.2 Å². The molecule has 0 spiro atoms. The fourth-order valence-electron chi connectivity index (χ4n) is 2.50. The highest BCUT2D eigenvalue weighted by Gasteiger charge is 2.43. The van der Waals surface area contributed by atoms with Crippen LogP contribution in [0.5, 0.6) is 5.75 Å². The van der Waals surface area contributed by atoms with E-state index in [2.05, 4.69) is 6.07 Å². The Labute approximate surface area is 102 Å². The number of rotatable bonds is 4. The summed E-state index contributed by atoms with van der Waals surface area (Å²) in [6, 6.07) is 6.06. The van der Waals surface area contributed by atoms with Crippen molar-refractivity contribution in [2.75, 3.05) is 14.2 Å². The van der Waals surface area contributed by atoms with Crippen LogP contribution in [-0.2, 0) is 11.2 Å². The van der Waals surface area contributed by atoms with E-state index in [0.29, 0.717) is 19.3 Å². The van der Waals surface area contributed by atoms with Crippen LogP contribution in [0.25, 0.3) is 0 Å². The van der Waals surface area contributed by atoms with Crippen molar-refractivity contribution in [2.24, 2.45) is 0 Å². The predicted molar refractivity (Wildman–Crippen MR) is 66.4 cm³/mol. The third-order valence-corrected chi connectivity index (χ3v) is 3.50. The van der Waals surface area contributed by atoms with Gasteiger partial charge in [-0.1, -0.05) is 17.7 Å². The molecular weight excluding hydrogens is 216 g/mol. The zero-order valence-corrected chi connectivity index (χ0v) is 10.7. The third-order valence-electron chi connectivity index (χ3n) is 3.50. The fourth-order valence-corrected chi connectivity index (χ4v) is 2.50. The van der Waals surface area contributed by atoms with Gasteiger partial charge >= 0.3 is 0 Å². The molecule has 1 saturated carbocycles. The van der Waals surface area contributed by atoms with Gasteiger partial charge in [-0.3, -0.25) is 0 Å². The van der Waals surface area contributed by atoms with E-state index < -0.39 is 5.60 Å². The van der Waals surface area contributed by atoms with Crippen molar-refractivity contribution in [3.63, 3.8) is 0 Å². The second-order valence-electron chi connectivity index (χ2n) is 4.98. The Morgan fingerprint density at radius 2 is 2.06 bits per heavy atom. The van der Waals surface area contributed by atoms with Crippen molar-refractivity contribution < 1.29 is 14.6 Å². The lowest BCUT2D eigenvalue weighted by Gasteiger charge is -2.43. The van der Waals surface area contributed by atoms with E-state index in [-0.39, 0.29) is 6.10 Å². The van der Waals surface area contributed by atoms with Crippen molar-refractivity contribution in [3.05, 3.63) is 29.3 Å². The number of hydrogen-bond acceptors (Lipinski definition) is 3. The first-order valence-electron chi connectivity index (χ1n) is 5.95. The topological polar surface area (TPSA) is 38.7 Å². The van der Waals surface area contributed by atoms with Crippen LogP contribution < -0.4 is 4.74 Å². The van der Waals surface area contributed by atoms with E-state index in [9.17, 15) is 5.11 Å². The fraction of sp³-hybridized carbons (Fsp3) is 0.571. The molecule has 3 heteroatoms. The van der Waals surface area contributed by atoms with Gasteiger partial charge in [-0.05, 0) is 18.6 Å². The summed E-state index contributed by atoms with van der Waals surface area (Å²) in [5, 5.41) is 10.3. The smallest absolute Gasteiger partial charge is 0.122 e. The second kappa shape index (κ2) is 4.67. The maximum absolute atomic E-state index is 10.3. The molecule has 0 heterocycles. The normalized spacial score (nSPS) is 27.6. The van der Waals surface area contributed by atoms with Crippen LogP contribution in [0.2, 0.25) is 0 Å². The van der Waals surface area contributed by atoms with Gasteiger partial charge in [-0.2, -0.15) is 0 Å². The van der Waals surface area contributed by atoms with Crippen LogP contribution in [0.15, 0.2) is 18.2 Å². The second-order valence-corrected chi connectivity index (χ2v) is 4.98. The molecule has 17 heavy (non-hydrogen) atoms. The minimum Gasteiger partial charge on any atom is -0.496 e. The molecule has 1 aromatic carbocycles. The first kappa shape index (κ1) is 12.4. The van der Waals surface area contributed by atoms with Gasteiger partial charge in [0.25, 0.3) is 0 Å². The summed E-state index contributed by atoms with van der Waals surface area (Å²) in [6.07, 6.45) is 2.26. The molecular formula is C14H20O3. The molecule has 0 radical (unpaired) electrons. The Morgan fingerprint density at radius 1 is 1.35 bits per heavy atom. The van der Waals surface area contributed by atoms with Crippen molar-refractivity contribution in [3.8, 4) is 5.75 Å². The lowest BCUT2D eigenvalue weighted by Crippen LogP contribution is -2.49. The first-order chi connectivity index (χ1) is 8.06. The van der Waals surface area contributed by atoms with Crippen LogP contribution in [-0.4, -0.2) is 31.0 Å². The summed E-state index contributed by atoms with van der Waals surface area (Å²) in [7, 11) is 3.36. The number of ether oxygens (including phenoxy) is 2. The monoisotopic (exact) mass is 236 g/mol. The number of hydrogen-bond donors (Lipinski definition) is 1. The summed E-state index contributed by atoms with van der Waals surface area (Å²) < 4.78 is 10.5. The minimum absolute atomic E-state index is 0.204. The molecule has 1 aromatic rings. The van der Waals surface area contributed by atoms with E-state index in [0.717, 1.165) is 11.3 Å². The third kappa shape index (κ3) is 2.61. The van der Waals surface area contributed by atoms with Crippen LogP contribution in [0.4, 0.5) is 0 Å². The largest absolute Gasteiger partial charge is 0.496 e. The number of methoxy groups -OCH3 is 2. The van der Waals surface area contributed by atoms with Gasteiger partial charge in [0.15, 0.2) is 0 Å². The summed E-state index contributed by atoms with van der Waals surface area (Å²) in [5.74, 6) is 0.852. The SMILES string of the molecule is COc1ccc(C)cc1CC1(O)CC(OC)C1. The van der Waals surface area contributed by atoms with Crippen molar-refractivity contribution in [1.82, 2.24) is 0 Å². The van der Waals surface area contributed by atoms with Crippen LogP contribution in [0.1, 0.15) is 24.0 Å². The average molecular weight is 236 g/mol. The minimum atomic E-state index is -0.623. The molecule has 0 aromatic heterocycles. The lowest BCUT2D eigenvalue weighted by molar-refractivity contribution is -0.126. The summed E-state index contributed by atoms with van der Waals surface area (Å²) in [5.41, 5.74) is 1.64. The van der Waals surface area contributed by atoms with Crippen LogP contribution in [0.3, 0.4) is 0 Å². The van der Waals surface area contributed by atoms with Gasteiger partial charge in [0.05, 0.1) is 18.8 Å². The number of aliphatic hydroxyl groups is 1. The Kier molecular flexibility index (Phi) is 3.40. The van der Waals surface area contributed by atoms with E-state index in [1.165, 1.54) is 5.56 Å². The lowest BCUT2D eigenvalue weighted by atomic mass is 9.73. The molecule has 0 bridgehead atoms. The Bertz CT molecular complexity index is 394. The molecule has 3 nitrogen and oxygen atoms in total. The highest BCUT2D eigenvalue weighted by molar-refractivity contribution is 5.38. The first-order valence-corrected chi connectivity index (χ1v) is 5.95. The highest BCUT2D eigenvalue weighted by atomic mass is 16.5. The van der Waals surface area contributed by atoms with Crippen molar-refractivity contribution in [2.45, 2.75) is 37.9 Å². The van der Waals surface area contributed by atoms with Gasteiger partial charge in [-0.25, -0.2) is 0 Å². The Morgan fingerprint density at radius 3 is 2.65 bits per heavy atom. The molecule has 1 fully saturated rings. The Hall–Kier alpha value is -1.06. The molecule has 1 aliphatic carbocycles. The predicted octanol–water partition coefficient (Wildman–Crippen LogP) is 2.09. The molecule has 1 aliphatic rings. The zero-order valence-electron chi connectivity index (χ0n) is 10.7. The number of benzene rings is 1. The Balaban J connectivity index is 2.11. The molecule has 0 atom stereocenters. The number of aryl methyl sites for hydroxylation is 1. The van der Waals surface area contributed by atoms with Gasteiger partial charge in [0, 0.05) is 26.4 Å². The van der Waals surface area contributed by atoms with Gasteiger partial charge in [0.2, 0.25) is 0 Å². The highest BCUT2D eigenvalue weighted by Crippen LogP contribution is 2.38. The van der Waals surface area contributed by atoms with Gasteiger partial charge < -0.3 is 14.6 Å². The van der Waals surface area contributed by atoms with Crippen molar-refractivity contribution in [1.29, 1.82) is 0 Å². The van der Waals surface area contributed by atoms with Gasteiger partial charge in [0.1, 0.15) is 5.75 Å². The average Bonchev–Trinajstić information content (AvgIpc) is 2.26. The molecule has 2 rings (SSSR count). The summed E-state index contributed by atoms with van der Waals surface area (Å²) in [6.45, 7) is 2.05. The van der Waals surface area contributed by atoms with Crippen LogP contribution >= 0.6 is 0 Å². The molecule has 0 aliphatic heterocycles. The zero-order chi connectivity index (χ0) is 12.5.